The van der Waals surface area contributed by atoms with Crippen molar-refractivity contribution in [2.45, 2.75) is 6.92 Å². The van der Waals surface area contributed by atoms with Crippen molar-refractivity contribution in [3.8, 4) is 11.3 Å². The van der Waals surface area contributed by atoms with Crippen molar-refractivity contribution >= 4 is 29.4 Å². The molecule has 0 fully saturated rings. The van der Waals surface area contributed by atoms with Gasteiger partial charge in [-0.15, -0.1) is 0 Å². The van der Waals surface area contributed by atoms with E-state index in [2.05, 4.69) is 20.5 Å². The molecule has 1 aromatic heterocycles. The Kier molecular flexibility index (Phi) is 6.13. The van der Waals surface area contributed by atoms with Crippen LogP contribution in [0.1, 0.15) is 16.1 Å². The number of nitrogens with one attached hydrogen (secondary N) is 2. The fraction of sp³-hybridized carbons (Fsp3) is 0.250. The topological polar surface area (TPSA) is 111 Å². The summed E-state index contributed by atoms with van der Waals surface area (Å²) in [7, 11) is 1.21. The number of methoxy groups -OCH3 is 1. The highest BCUT2D eigenvalue weighted by Gasteiger charge is 2.23. The Labute approximate surface area is 148 Å². The first-order valence-electron chi connectivity index (χ1n) is 7.27. The van der Waals surface area contributed by atoms with Crippen LogP contribution in [0.3, 0.4) is 0 Å². The van der Waals surface area contributed by atoms with Gasteiger partial charge in [-0.1, -0.05) is 35.0 Å². The molecule has 8 nitrogen and oxygen atoms in total. The van der Waals surface area contributed by atoms with Crippen molar-refractivity contribution in [3.63, 3.8) is 0 Å². The fourth-order valence-electron chi connectivity index (χ4n) is 2.03. The third kappa shape index (κ3) is 4.57. The second-order valence-electron chi connectivity index (χ2n) is 4.98. The minimum atomic E-state index is -0.587. The number of hydrogen-bond donors (Lipinski definition) is 2. The zero-order chi connectivity index (χ0) is 18.4. The third-order valence-electron chi connectivity index (χ3n) is 3.29. The van der Waals surface area contributed by atoms with E-state index < -0.39 is 17.8 Å². The molecule has 0 aliphatic rings. The molecule has 0 radical (unpaired) electrons. The van der Waals surface area contributed by atoms with E-state index in [1.807, 2.05) is 0 Å². The van der Waals surface area contributed by atoms with Crippen molar-refractivity contribution in [3.05, 3.63) is 40.6 Å². The van der Waals surface area contributed by atoms with Gasteiger partial charge in [-0.05, 0) is 13.0 Å². The van der Waals surface area contributed by atoms with Crippen LogP contribution >= 0.6 is 11.6 Å². The Morgan fingerprint density at radius 2 is 1.92 bits per heavy atom. The molecule has 0 unspecified atom stereocenters. The van der Waals surface area contributed by atoms with E-state index >= 15 is 0 Å². The van der Waals surface area contributed by atoms with Gasteiger partial charge >= 0.3 is 5.97 Å². The number of aryl methyl sites for hydroxylation is 1. The van der Waals surface area contributed by atoms with Crippen LogP contribution in [-0.4, -0.2) is 43.1 Å². The van der Waals surface area contributed by atoms with Gasteiger partial charge in [-0.2, -0.15) is 0 Å². The highest BCUT2D eigenvalue weighted by molar-refractivity contribution is 6.33. The van der Waals surface area contributed by atoms with Gasteiger partial charge in [0.05, 0.1) is 18.7 Å². The number of aromatic nitrogens is 1. The van der Waals surface area contributed by atoms with Gasteiger partial charge in [0.2, 0.25) is 5.91 Å². The SMILES string of the molecule is COC(=O)CNC(=O)CNC(=O)c1c(-c2ccccc2Cl)noc1C. The van der Waals surface area contributed by atoms with Crippen LogP contribution in [0.25, 0.3) is 11.3 Å². The Morgan fingerprint density at radius 3 is 2.60 bits per heavy atom. The maximum Gasteiger partial charge on any atom is 0.325 e. The highest BCUT2D eigenvalue weighted by atomic mass is 35.5. The van der Waals surface area contributed by atoms with E-state index in [-0.39, 0.29) is 24.3 Å². The number of hydrogen-bond acceptors (Lipinski definition) is 6. The maximum absolute atomic E-state index is 12.4. The van der Waals surface area contributed by atoms with Crippen molar-refractivity contribution in [1.29, 1.82) is 0 Å². The average Bonchev–Trinajstić information content (AvgIpc) is 2.99. The van der Waals surface area contributed by atoms with E-state index in [0.717, 1.165) is 0 Å². The van der Waals surface area contributed by atoms with Crippen LogP contribution in [0.5, 0.6) is 0 Å². The summed E-state index contributed by atoms with van der Waals surface area (Å²) in [6.07, 6.45) is 0. The number of rotatable bonds is 6. The second kappa shape index (κ2) is 8.29. The van der Waals surface area contributed by atoms with Gasteiger partial charge in [0.25, 0.3) is 5.91 Å². The van der Waals surface area contributed by atoms with Crippen molar-refractivity contribution in [2.24, 2.45) is 0 Å². The molecule has 25 heavy (non-hydrogen) atoms. The molecule has 0 saturated carbocycles. The molecular weight excluding hydrogens is 350 g/mol. The molecule has 1 heterocycles. The Morgan fingerprint density at radius 1 is 1.20 bits per heavy atom. The predicted octanol–water partition coefficient (Wildman–Crippen LogP) is 1.32. The zero-order valence-electron chi connectivity index (χ0n) is 13.6. The number of carbonyl (C=O) groups is 3. The first-order valence-corrected chi connectivity index (χ1v) is 7.64. The summed E-state index contributed by atoms with van der Waals surface area (Å²) in [5, 5.41) is 9.07. The van der Waals surface area contributed by atoms with E-state index in [4.69, 9.17) is 16.1 Å². The number of nitrogens with zero attached hydrogens (tertiary/aromatic N) is 1. The van der Waals surface area contributed by atoms with E-state index in [1.165, 1.54) is 7.11 Å². The summed E-state index contributed by atoms with van der Waals surface area (Å²) >= 11 is 6.14. The van der Waals surface area contributed by atoms with E-state index in [1.54, 1.807) is 31.2 Å². The summed E-state index contributed by atoms with van der Waals surface area (Å²) in [4.78, 5) is 35.0. The first-order chi connectivity index (χ1) is 11.9. The largest absolute Gasteiger partial charge is 0.468 e. The predicted molar refractivity (Wildman–Crippen MR) is 89.0 cm³/mol. The molecule has 2 N–H and O–H groups in total. The van der Waals surface area contributed by atoms with Gasteiger partial charge in [0, 0.05) is 5.56 Å². The normalized spacial score (nSPS) is 10.2. The number of carbonyl (C=O) groups excluding carboxylic acids is 3. The Hall–Kier alpha value is -2.87. The van der Waals surface area contributed by atoms with E-state index in [0.29, 0.717) is 16.3 Å². The highest BCUT2D eigenvalue weighted by Crippen LogP contribution is 2.30. The molecule has 2 aromatic rings. The van der Waals surface area contributed by atoms with Crippen molar-refractivity contribution < 1.29 is 23.6 Å². The number of benzene rings is 1. The number of esters is 1. The van der Waals surface area contributed by atoms with Crippen molar-refractivity contribution in [2.75, 3.05) is 20.2 Å². The quantitative estimate of drug-likeness (QED) is 0.747. The molecule has 0 aliphatic heterocycles. The lowest BCUT2D eigenvalue weighted by Crippen LogP contribution is -2.39. The summed E-state index contributed by atoms with van der Waals surface area (Å²) in [6, 6.07) is 6.89. The van der Waals surface area contributed by atoms with Crippen LogP contribution in [0.4, 0.5) is 0 Å². The van der Waals surface area contributed by atoms with Crippen LogP contribution in [0, 0.1) is 6.92 Å². The molecule has 0 spiro atoms. The van der Waals surface area contributed by atoms with E-state index in [9.17, 15) is 14.4 Å². The van der Waals surface area contributed by atoms with Gasteiger partial charge < -0.3 is 19.9 Å². The zero-order valence-corrected chi connectivity index (χ0v) is 14.3. The summed E-state index contributed by atoms with van der Waals surface area (Å²) in [5.41, 5.74) is 1.02. The van der Waals surface area contributed by atoms with Crippen LogP contribution in [0.15, 0.2) is 28.8 Å². The Bertz CT molecular complexity index is 803. The molecule has 2 rings (SSSR count). The standard InChI is InChI=1S/C16H16ClN3O5/c1-9-14(15(20-25-9)10-5-3-4-6-11(10)17)16(23)19-7-12(21)18-8-13(22)24-2/h3-6H,7-8H2,1-2H3,(H,18,21)(H,19,23). The lowest BCUT2D eigenvalue weighted by Gasteiger charge is -2.07. The summed E-state index contributed by atoms with van der Waals surface area (Å²) < 4.78 is 9.50. The molecule has 1 aromatic carbocycles. The average molecular weight is 366 g/mol. The first kappa shape index (κ1) is 18.5. The second-order valence-corrected chi connectivity index (χ2v) is 5.38. The molecule has 0 saturated heterocycles. The monoisotopic (exact) mass is 365 g/mol. The number of halogens is 1. The van der Waals surface area contributed by atoms with Crippen molar-refractivity contribution in [1.82, 2.24) is 15.8 Å². The lowest BCUT2D eigenvalue weighted by atomic mass is 10.1. The maximum atomic E-state index is 12.4. The van der Waals surface area contributed by atoms with Gasteiger partial charge in [-0.3, -0.25) is 14.4 Å². The number of amides is 2. The minimum Gasteiger partial charge on any atom is -0.468 e. The molecular formula is C16H16ClN3O5. The van der Waals surface area contributed by atoms with Crippen LogP contribution < -0.4 is 10.6 Å². The molecule has 132 valence electrons. The lowest BCUT2D eigenvalue weighted by molar-refractivity contribution is -0.141. The number of ether oxygens (including phenoxy) is 1. The molecule has 0 bridgehead atoms. The van der Waals surface area contributed by atoms with Crippen LogP contribution in [0.2, 0.25) is 5.02 Å². The Balaban J connectivity index is 2.08. The fourth-order valence-corrected chi connectivity index (χ4v) is 2.26. The third-order valence-corrected chi connectivity index (χ3v) is 3.62. The smallest absolute Gasteiger partial charge is 0.325 e. The van der Waals surface area contributed by atoms with Gasteiger partial charge in [-0.25, -0.2) is 0 Å². The molecule has 2 amide bonds. The summed E-state index contributed by atoms with van der Waals surface area (Å²) in [5.74, 6) is -1.37. The summed E-state index contributed by atoms with van der Waals surface area (Å²) in [6.45, 7) is 0.990. The minimum absolute atomic E-state index is 0.189. The van der Waals surface area contributed by atoms with Gasteiger partial charge in [0.15, 0.2) is 0 Å². The molecule has 0 aliphatic carbocycles. The van der Waals surface area contributed by atoms with Crippen LogP contribution in [-0.2, 0) is 14.3 Å². The molecule has 0 atom stereocenters. The molecule has 9 heteroatoms. The van der Waals surface area contributed by atoms with Gasteiger partial charge in [0.1, 0.15) is 23.6 Å².